The fourth-order valence-electron chi connectivity index (χ4n) is 1.92. The first kappa shape index (κ1) is 15.5. The molecular formula is C15H18ClN3O2. The number of benzene rings is 1. The molecule has 1 atom stereocenters. The molecule has 1 unspecified atom stereocenters. The van der Waals surface area contributed by atoms with Gasteiger partial charge >= 0.3 is 0 Å². The van der Waals surface area contributed by atoms with Crippen molar-refractivity contribution in [3.63, 3.8) is 0 Å². The number of aromatic nitrogens is 2. The second-order valence-electron chi connectivity index (χ2n) is 4.80. The predicted molar refractivity (Wildman–Crippen MR) is 81.8 cm³/mol. The third-order valence-electron chi connectivity index (χ3n) is 3.06. The Morgan fingerprint density at radius 1 is 1.43 bits per heavy atom. The van der Waals surface area contributed by atoms with Crippen LogP contribution in [0.5, 0.6) is 0 Å². The quantitative estimate of drug-likeness (QED) is 0.861. The molecule has 2 rings (SSSR count). The number of aliphatic hydroxyl groups is 1. The van der Waals surface area contributed by atoms with Crippen molar-refractivity contribution < 1.29 is 9.90 Å². The molecule has 5 nitrogen and oxygen atoms in total. The summed E-state index contributed by atoms with van der Waals surface area (Å²) >= 11 is 5.83. The number of carbonyl (C=O) groups is 1. The number of amides is 1. The Balaban J connectivity index is 1.99. The van der Waals surface area contributed by atoms with Gasteiger partial charge < -0.3 is 10.4 Å². The van der Waals surface area contributed by atoms with Crippen LogP contribution in [0.25, 0.3) is 5.69 Å². The van der Waals surface area contributed by atoms with Crippen LogP contribution in [0.4, 0.5) is 0 Å². The number of nitrogens with zero attached hydrogens (tertiary/aromatic N) is 2. The third kappa shape index (κ3) is 4.31. The zero-order valence-electron chi connectivity index (χ0n) is 11.8. The van der Waals surface area contributed by atoms with Crippen LogP contribution >= 0.6 is 11.6 Å². The minimum atomic E-state index is -0.509. The smallest absolute Gasteiger partial charge is 0.254 e. The van der Waals surface area contributed by atoms with Crippen molar-refractivity contribution in [1.82, 2.24) is 15.1 Å². The van der Waals surface area contributed by atoms with Crippen molar-refractivity contribution in [3.05, 3.63) is 47.2 Å². The van der Waals surface area contributed by atoms with Gasteiger partial charge in [0.25, 0.3) is 5.91 Å². The van der Waals surface area contributed by atoms with E-state index in [1.165, 1.54) is 6.20 Å². The van der Waals surface area contributed by atoms with Gasteiger partial charge in [-0.2, -0.15) is 5.10 Å². The summed E-state index contributed by atoms with van der Waals surface area (Å²) < 4.78 is 1.60. The molecule has 0 bridgehead atoms. The zero-order valence-corrected chi connectivity index (χ0v) is 12.5. The largest absolute Gasteiger partial charge is 0.391 e. The van der Waals surface area contributed by atoms with E-state index in [0.29, 0.717) is 17.0 Å². The molecule has 0 aliphatic heterocycles. The monoisotopic (exact) mass is 307 g/mol. The maximum absolute atomic E-state index is 12.0. The van der Waals surface area contributed by atoms with Crippen molar-refractivity contribution in [1.29, 1.82) is 0 Å². The molecule has 1 heterocycles. The molecule has 0 spiro atoms. The first-order valence-corrected chi connectivity index (χ1v) is 7.25. The topological polar surface area (TPSA) is 67.2 Å². The fraction of sp³-hybridized carbons (Fsp3) is 0.333. The molecule has 1 aromatic carbocycles. The van der Waals surface area contributed by atoms with E-state index in [9.17, 15) is 9.90 Å². The van der Waals surface area contributed by atoms with Crippen LogP contribution in [0.1, 0.15) is 30.1 Å². The highest BCUT2D eigenvalue weighted by Crippen LogP contribution is 2.13. The summed E-state index contributed by atoms with van der Waals surface area (Å²) in [6, 6.07) is 7.17. The van der Waals surface area contributed by atoms with Crippen molar-refractivity contribution in [2.24, 2.45) is 0 Å². The standard InChI is InChI=1S/C15H18ClN3O2/c1-2-3-14(20)9-17-15(21)11-8-18-19(10-11)13-6-4-12(16)5-7-13/h4-8,10,14,20H,2-3,9H2,1H3,(H,17,21). The number of halogens is 1. The summed E-state index contributed by atoms with van der Waals surface area (Å²) in [6.45, 7) is 2.24. The number of carbonyl (C=O) groups excluding carboxylic acids is 1. The van der Waals surface area contributed by atoms with Gasteiger partial charge in [0.05, 0.1) is 23.6 Å². The van der Waals surface area contributed by atoms with Crippen LogP contribution in [-0.2, 0) is 0 Å². The van der Waals surface area contributed by atoms with Gasteiger partial charge in [-0.05, 0) is 30.7 Å². The number of rotatable bonds is 6. The van der Waals surface area contributed by atoms with Crippen LogP contribution in [0.3, 0.4) is 0 Å². The Morgan fingerprint density at radius 2 is 2.14 bits per heavy atom. The highest BCUT2D eigenvalue weighted by atomic mass is 35.5. The lowest BCUT2D eigenvalue weighted by Crippen LogP contribution is -2.31. The molecule has 0 saturated carbocycles. The number of hydrogen-bond donors (Lipinski definition) is 2. The van der Waals surface area contributed by atoms with Crippen LogP contribution in [0.15, 0.2) is 36.7 Å². The Labute approximate surface area is 128 Å². The molecule has 0 saturated heterocycles. The summed E-state index contributed by atoms with van der Waals surface area (Å²) in [6.07, 6.45) is 4.18. The van der Waals surface area contributed by atoms with Crippen LogP contribution < -0.4 is 5.32 Å². The van der Waals surface area contributed by atoms with Gasteiger partial charge in [-0.25, -0.2) is 4.68 Å². The van der Waals surface area contributed by atoms with E-state index in [4.69, 9.17) is 11.6 Å². The molecule has 21 heavy (non-hydrogen) atoms. The normalized spacial score (nSPS) is 12.1. The minimum Gasteiger partial charge on any atom is -0.391 e. The average Bonchev–Trinajstić information content (AvgIpc) is 2.96. The molecule has 1 amide bonds. The highest BCUT2D eigenvalue weighted by Gasteiger charge is 2.11. The first-order valence-electron chi connectivity index (χ1n) is 6.87. The lowest BCUT2D eigenvalue weighted by Gasteiger charge is -2.09. The van der Waals surface area contributed by atoms with E-state index < -0.39 is 6.10 Å². The van der Waals surface area contributed by atoms with E-state index in [1.807, 2.05) is 19.1 Å². The van der Waals surface area contributed by atoms with E-state index in [2.05, 4.69) is 10.4 Å². The molecule has 0 radical (unpaired) electrons. The van der Waals surface area contributed by atoms with E-state index in [0.717, 1.165) is 12.1 Å². The molecule has 6 heteroatoms. The van der Waals surface area contributed by atoms with Gasteiger partial charge in [0.1, 0.15) is 0 Å². The maximum atomic E-state index is 12.0. The molecule has 2 aromatic rings. The molecule has 0 fully saturated rings. The molecule has 0 aliphatic carbocycles. The number of aliphatic hydroxyl groups excluding tert-OH is 1. The summed E-state index contributed by atoms with van der Waals surface area (Å²) in [5.74, 6) is -0.245. The van der Waals surface area contributed by atoms with Crippen molar-refractivity contribution >= 4 is 17.5 Å². The Morgan fingerprint density at radius 3 is 2.81 bits per heavy atom. The molecule has 1 aromatic heterocycles. The van der Waals surface area contributed by atoms with E-state index in [-0.39, 0.29) is 12.5 Å². The first-order chi connectivity index (χ1) is 10.1. The van der Waals surface area contributed by atoms with Crippen molar-refractivity contribution in [2.45, 2.75) is 25.9 Å². The van der Waals surface area contributed by atoms with Crippen LogP contribution in [0, 0.1) is 0 Å². The van der Waals surface area contributed by atoms with E-state index >= 15 is 0 Å². The predicted octanol–water partition coefficient (Wildman–Crippen LogP) is 2.42. The van der Waals surface area contributed by atoms with Crippen LogP contribution in [0.2, 0.25) is 5.02 Å². The van der Waals surface area contributed by atoms with Crippen molar-refractivity contribution in [3.8, 4) is 5.69 Å². The second-order valence-corrected chi connectivity index (χ2v) is 5.24. The number of hydrogen-bond acceptors (Lipinski definition) is 3. The maximum Gasteiger partial charge on any atom is 0.254 e. The summed E-state index contributed by atoms with van der Waals surface area (Å²) in [7, 11) is 0. The van der Waals surface area contributed by atoms with Gasteiger partial charge in [0, 0.05) is 17.8 Å². The SMILES string of the molecule is CCCC(O)CNC(=O)c1cnn(-c2ccc(Cl)cc2)c1. The highest BCUT2D eigenvalue weighted by molar-refractivity contribution is 6.30. The van der Waals surface area contributed by atoms with Gasteiger partial charge in [-0.1, -0.05) is 24.9 Å². The second kappa shape index (κ2) is 7.24. The summed E-state index contributed by atoms with van der Waals surface area (Å²) in [5.41, 5.74) is 1.28. The Hall–Kier alpha value is -1.85. The van der Waals surface area contributed by atoms with Gasteiger partial charge in [0.2, 0.25) is 0 Å². The molecular weight excluding hydrogens is 290 g/mol. The lowest BCUT2D eigenvalue weighted by molar-refractivity contribution is 0.0910. The van der Waals surface area contributed by atoms with E-state index in [1.54, 1.807) is 23.0 Å². The summed E-state index contributed by atoms with van der Waals surface area (Å²) in [4.78, 5) is 12.0. The Kier molecular flexibility index (Phi) is 5.36. The van der Waals surface area contributed by atoms with Gasteiger partial charge in [-0.3, -0.25) is 4.79 Å². The molecule has 112 valence electrons. The van der Waals surface area contributed by atoms with Crippen LogP contribution in [-0.4, -0.2) is 33.4 Å². The third-order valence-corrected chi connectivity index (χ3v) is 3.31. The lowest BCUT2D eigenvalue weighted by atomic mass is 10.2. The summed E-state index contributed by atoms with van der Waals surface area (Å²) in [5, 5.41) is 17.1. The van der Waals surface area contributed by atoms with Crippen molar-refractivity contribution in [2.75, 3.05) is 6.54 Å². The minimum absolute atomic E-state index is 0.245. The Bertz CT molecular complexity index is 595. The zero-order chi connectivity index (χ0) is 15.2. The number of nitrogens with one attached hydrogen (secondary N) is 1. The fourth-order valence-corrected chi connectivity index (χ4v) is 2.05. The van der Waals surface area contributed by atoms with Gasteiger partial charge in [0.15, 0.2) is 0 Å². The molecule has 2 N–H and O–H groups in total. The van der Waals surface area contributed by atoms with Gasteiger partial charge in [-0.15, -0.1) is 0 Å². The molecule has 0 aliphatic rings. The average molecular weight is 308 g/mol.